The number of nitrogens with zero attached hydrogens (tertiary/aromatic N) is 4. The van der Waals surface area contributed by atoms with Crippen molar-refractivity contribution in [3.05, 3.63) is 48.2 Å². The highest BCUT2D eigenvalue weighted by Crippen LogP contribution is 2.36. The Labute approximate surface area is 206 Å². The van der Waals surface area contributed by atoms with Crippen LogP contribution in [0.25, 0.3) is 0 Å². The zero-order valence-corrected chi connectivity index (χ0v) is 20.5. The molecule has 9 heteroatoms. The molecule has 0 unspecified atom stereocenters. The number of hydrogen-bond donors (Lipinski definition) is 2. The molecule has 0 aliphatic carbocycles. The first kappa shape index (κ1) is 24.8. The molecule has 3 amide bonds. The van der Waals surface area contributed by atoms with E-state index in [4.69, 9.17) is 0 Å². The lowest BCUT2D eigenvalue weighted by Gasteiger charge is -2.32. The van der Waals surface area contributed by atoms with Gasteiger partial charge < -0.3 is 15.5 Å². The smallest absolute Gasteiger partial charge is 0.257 e. The zero-order chi connectivity index (χ0) is 24.8. The van der Waals surface area contributed by atoms with E-state index in [1.54, 1.807) is 36.5 Å². The summed E-state index contributed by atoms with van der Waals surface area (Å²) in [5.41, 5.74) is 1.45. The van der Waals surface area contributed by atoms with Crippen LogP contribution in [0.1, 0.15) is 37.0 Å². The van der Waals surface area contributed by atoms with Gasteiger partial charge in [0, 0.05) is 25.2 Å². The highest BCUT2D eigenvalue weighted by atomic mass is 16.2. The van der Waals surface area contributed by atoms with Gasteiger partial charge in [-0.3, -0.25) is 24.2 Å². The van der Waals surface area contributed by atoms with Crippen molar-refractivity contribution < 1.29 is 14.4 Å². The van der Waals surface area contributed by atoms with Crippen LogP contribution < -0.4 is 15.5 Å². The normalized spacial score (nSPS) is 16.3. The molecule has 2 aromatic rings. The molecule has 4 rings (SSSR count). The quantitative estimate of drug-likeness (QED) is 0.605. The van der Waals surface area contributed by atoms with E-state index in [0.29, 0.717) is 42.4 Å². The summed E-state index contributed by atoms with van der Waals surface area (Å²) in [7, 11) is 0. The molecule has 2 aliphatic rings. The maximum Gasteiger partial charge on any atom is 0.257 e. The monoisotopic (exact) mass is 478 g/mol. The van der Waals surface area contributed by atoms with Gasteiger partial charge in [-0.05, 0) is 63.3 Å². The second kappa shape index (κ2) is 11.4. The van der Waals surface area contributed by atoms with Gasteiger partial charge in [0.2, 0.25) is 11.8 Å². The number of nitrogens with one attached hydrogen (secondary N) is 2. The van der Waals surface area contributed by atoms with Crippen LogP contribution in [0, 0.1) is 5.92 Å². The minimum Gasteiger partial charge on any atom is -0.355 e. The summed E-state index contributed by atoms with van der Waals surface area (Å²) in [6, 6.07) is 10.5. The van der Waals surface area contributed by atoms with Gasteiger partial charge in [-0.1, -0.05) is 26.0 Å². The third-order valence-corrected chi connectivity index (χ3v) is 6.82. The topological polar surface area (TPSA) is 97.9 Å². The second-order valence-electron chi connectivity index (χ2n) is 8.94. The van der Waals surface area contributed by atoms with Crippen molar-refractivity contribution >= 4 is 34.9 Å². The number of piperidine rings is 1. The molecule has 1 aromatic heterocycles. The van der Waals surface area contributed by atoms with Crippen LogP contribution in [0.4, 0.5) is 17.2 Å². The Hall–Kier alpha value is -3.30. The molecule has 0 bridgehead atoms. The van der Waals surface area contributed by atoms with Crippen molar-refractivity contribution in [2.24, 2.45) is 5.92 Å². The van der Waals surface area contributed by atoms with Gasteiger partial charge in [-0.2, -0.15) is 0 Å². The highest BCUT2D eigenvalue weighted by Gasteiger charge is 2.32. The standard InChI is InChI=1S/C26H34N6O3/c1-3-30(4-2)17-14-28-25(34)19-11-15-31(16-12-19)18-23(33)32-22-10-6-5-8-20(22)26(35)29-21-9-7-13-27-24(21)32/h5-10,13,19H,3-4,11-12,14-18H2,1-2H3,(H,28,34)(H,29,35). The molecule has 2 aliphatic heterocycles. The van der Waals surface area contributed by atoms with Crippen LogP contribution in [0.2, 0.25) is 0 Å². The SMILES string of the molecule is CCN(CC)CCNC(=O)C1CCN(CC(=O)N2c3ccccc3C(=O)Nc3cccnc32)CC1. The summed E-state index contributed by atoms with van der Waals surface area (Å²) in [4.78, 5) is 49.2. The lowest BCUT2D eigenvalue weighted by Crippen LogP contribution is -2.45. The van der Waals surface area contributed by atoms with Gasteiger partial charge in [0.15, 0.2) is 5.82 Å². The summed E-state index contributed by atoms with van der Waals surface area (Å²) in [6.07, 6.45) is 3.05. The fourth-order valence-corrected chi connectivity index (χ4v) is 4.73. The number of carbonyl (C=O) groups is 3. The molecule has 186 valence electrons. The van der Waals surface area contributed by atoms with E-state index in [1.807, 2.05) is 6.07 Å². The Morgan fingerprint density at radius 1 is 1.11 bits per heavy atom. The van der Waals surface area contributed by atoms with Crippen LogP contribution in [-0.4, -0.2) is 78.3 Å². The second-order valence-corrected chi connectivity index (χ2v) is 8.94. The Morgan fingerprint density at radius 2 is 1.86 bits per heavy atom. The minimum absolute atomic E-state index is 0.0267. The molecule has 9 nitrogen and oxygen atoms in total. The Morgan fingerprint density at radius 3 is 2.60 bits per heavy atom. The predicted octanol–water partition coefficient (Wildman–Crippen LogP) is 2.48. The van der Waals surface area contributed by atoms with Crippen molar-refractivity contribution in [3.63, 3.8) is 0 Å². The maximum absolute atomic E-state index is 13.5. The third-order valence-electron chi connectivity index (χ3n) is 6.82. The maximum atomic E-state index is 13.5. The molecule has 0 spiro atoms. The van der Waals surface area contributed by atoms with Gasteiger partial charge in [-0.15, -0.1) is 0 Å². The summed E-state index contributed by atoms with van der Waals surface area (Å²) in [6.45, 7) is 9.24. The van der Waals surface area contributed by atoms with E-state index in [-0.39, 0.29) is 30.2 Å². The number of amides is 3. The van der Waals surface area contributed by atoms with Gasteiger partial charge in [-0.25, -0.2) is 4.98 Å². The predicted molar refractivity (Wildman–Crippen MR) is 136 cm³/mol. The van der Waals surface area contributed by atoms with E-state index in [0.717, 1.165) is 32.5 Å². The molecule has 0 atom stereocenters. The number of para-hydroxylation sites is 1. The van der Waals surface area contributed by atoms with Crippen LogP contribution in [0.15, 0.2) is 42.6 Å². The molecule has 0 saturated carbocycles. The molecule has 3 heterocycles. The van der Waals surface area contributed by atoms with Crippen LogP contribution in [0.5, 0.6) is 0 Å². The first-order valence-corrected chi connectivity index (χ1v) is 12.4. The molecular formula is C26H34N6O3. The fraction of sp³-hybridized carbons (Fsp3) is 0.462. The number of likely N-dealkylation sites (tertiary alicyclic amines) is 1. The largest absolute Gasteiger partial charge is 0.355 e. The first-order chi connectivity index (χ1) is 17.0. The Balaban J connectivity index is 1.38. The molecule has 0 radical (unpaired) electrons. The van der Waals surface area contributed by atoms with Crippen molar-refractivity contribution in [2.45, 2.75) is 26.7 Å². The molecule has 35 heavy (non-hydrogen) atoms. The zero-order valence-electron chi connectivity index (χ0n) is 20.5. The lowest BCUT2D eigenvalue weighted by molar-refractivity contribution is -0.126. The number of fused-ring (bicyclic) bond motifs is 2. The highest BCUT2D eigenvalue weighted by molar-refractivity contribution is 6.17. The summed E-state index contributed by atoms with van der Waals surface area (Å²) in [5.74, 6) is 0.0701. The first-order valence-electron chi connectivity index (χ1n) is 12.4. The number of pyridine rings is 1. The summed E-state index contributed by atoms with van der Waals surface area (Å²) >= 11 is 0. The number of aromatic nitrogens is 1. The van der Waals surface area contributed by atoms with E-state index in [1.165, 1.54) is 4.90 Å². The van der Waals surface area contributed by atoms with E-state index < -0.39 is 0 Å². The van der Waals surface area contributed by atoms with Crippen molar-refractivity contribution in [1.82, 2.24) is 20.1 Å². The third kappa shape index (κ3) is 5.68. The number of anilines is 3. The number of carbonyl (C=O) groups excluding carboxylic acids is 3. The Bertz CT molecular complexity index is 1060. The van der Waals surface area contributed by atoms with Gasteiger partial charge in [0.05, 0.1) is 23.5 Å². The number of hydrogen-bond acceptors (Lipinski definition) is 6. The Kier molecular flexibility index (Phi) is 8.09. The molecule has 2 N–H and O–H groups in total. The summed E-state index contributed by atoms with van der Waals surface area (Å²) < 4.78 is 0. The molecular weight excluding hydrogens is 444 g/mol. The van der Waals surface area contributed by atoms with Crippen LogP contribution in [-0.2, 0) is 9.59 Å². The van der Waals surface area contributed by atoms with Gasteiger partial charge >= 0.3 is 0 Å². The van der Waals surface area contributed by atoms with E-state index >= 15 is 0 Å². The number of rotatable bonds is 8. The summed E-state index contributed by atoms with van der Waals surface area (Å²) in [5, 5.41) is 5.93. The molecule has 1 aromatic carbocycles. The number of benzene rings is 1. The van der Waals surface area contributed by atoms with Crippen LogP contribution in [0.3, 0.4) is 0 Å². The van der Waals surface area contributed by atoms with Crippen molar-refractivity contribution in [3.8, 4) is 0 Å². The number of likely N-dealkylation sites (N-methyl/N-ethyl adjacent to an activating group) is 1. The average molecular weight is 479 g/mol. The van der Waals surface area contributed by atoms with E-state index in [2.05, 4.69) is 39.3 Å². The minimum atomic E-state index is -0.266. The van der Waals surface area contributed by atoms with Gasteiger partial charge in [0.25, 0.3) is 5.91 Å². The van der Waals surface area contributed by atoms with Crippen molar-refractivity contribution in [2.75, 3.05) is 56.0 Å². The average Bonchev–Trinajstić information content (AvgIpc) is 3.00. The molecule has 1 saturated heterocycles. The van der Waals surface area contributed by atoms with Gasteiger partial charge in [0.1, 0.15) is 0 Å². The fourth-order valence-electron chi connectivity index (χ4n) is 4.73. The van der Waals surface area contributed by atoms with E-state index in [9.17, 15) is 14.4 Å². The molecule has 1 fully saturated rings. The lowest BCUT2D eigenvalue weighted by atomic mass is 9.96. The van der Waals surface area contributed by atoms with Crippen LogP contribution >= 0.6 is 0 Å². The van der Waals surface area contributed by atoms with Crippen molar-refractivity contribution in [1.29, 1.82) is 0 Å².